The molecule has 10 rings (SSSR count). The topological polar surface area (TPSA) is 3.24 Å². The molecule has 0 aromatic heterocycles. The van der Waals surface area contributed by atoms with E-state index in [1.807, 2.05) is 0 Å². The van der Waals surface area contributed by atoms with Crippen LogP contribution >= 0.6 is 0 Å². The quantitative estimate of drug-likeness (QED) is 0.125. The third-order valence-corrected chi connectivity index (χ3v) is 13.3. The second-order valence-corrected chi connectivity index (χ2v) is 16.6. The summed E-state index contributed by atoms with van der Waals surface area (Å²) in [5.41, 5.74) is 22.1. The van der Waals surface area contributed by atoms with E-state index in [2.05, 4.69) is 219 Å². The van der Waals surface area contributed by atoms with Gasteiger partial charge in [0.1, 0.15) is 0 Å². The minimum absolute atomic E-state index is 0.0603. The summed E-state index contributed by atoms with van der Waals surface area (Å²) in [4.78, 5) is 2.38. The summed E-state index contributed by atoms with van der Waals surface area (Å²) in [6.45, 7) is 4.72. The van der Waals surface area contributed by atoms with Crippen LogP contribution in [-0.4, -0.2) is 0 Å². The van der Waals surface area contributed by atoms with Crippen LogP contribution in [0.15, 0.2) is 188 Å². The zero-order valence-corrected chi connectivity index (χ0v) is 34.7. The standard InChI is InChI=1S/C59H51N/c1-3-59(4-2)57-38-43(28-35-54(57)55-37-34-52(41-58(55)59)60(50-20-10-6-11-21-50)51-22-12-7-13-23-51)25-24-42-26-29-46(30-27-42)56-40-48(44-16-8-5-9-17-44)33-36-53(56)49-32-31-45-18-14-15-19-47(45)39-49/h5-13,16-17,20-41H,3-4,14-15,18-19H2,1-2H3/b25-24+. The molecule has 0 amide bonds. The molecule has 2 aliphatic carbocycles. The van der Waals surface area contributed by atoms with E-state index >= 15 is 0 Å². The van der Waals surface area contributed by atoms with E-state index in [1.54, 1.807) is 0 Å². The lowest BCUT2D eigenvalue weighted by atomic mass is 9.73. The molecule has 0 spiro atoms. The zero-order valence-electron chi connectivity index (χ0n) is 34.7. The molecule has 0 N–H and O–H groups in total. The van der Waals surface area contributed by atoms with Crippen molar-refractivity contribution in [3.05, 3.63) is 221 Å². The number of aryl methyl sites for hydroxylation is 2. The van der Waals surface area contributed by atoms with Gasteiger partial charge in [0.2, 0.25) is 0 Å². The van der Waals surface area contributed by atoms with Crippen LogP contribution in [0.25, 0.3) is 56.7 Å². The smallest absolute Gasteiger partial charge is 0.0465 e. The Bertz CT molecular complexity index is 2770. The third-order valence-electron chi connectivity index (χ3n) is 13.3. The van der Waals surface area contributed by atoms with Crippen LogP contribution in [0.2, 0.25) is 0 Å². The summed E-state index contributed by atoms with van der Waals surface area (Å²) in [7, 11) is 0. The highest BCUT2D eigenvalue weighted by Crippen LogP contribution is 2.54. The Morgan fingerprint density at radius 2 is 0.950 bits per heavy atom. The minimum Gasteiger partial charge on any atom is -0.310 e. The van der Waals surface area contributed by atoms with Crippen LogP contribution in [-0.2, 0) is 18.3 Å². The molecule has 0 aliphatic heterocycles. The van der Waals surface area contributed by atoms with Gasteiger partial charge in [-0.25, -0.2) is 0 Å². The molecular weight excluding hydrogens is 723 g/mol. The van der Waals surface area contributed by atoms with Crippen molar-refractivity contribution in [1.29, 1.82) is 0 Å². The first-order chi connectivity index (χ1) is 29.6. The molecule has 292 valence electrons. The first-order valence-electron chi connectivity index (χ1n) is 21.9. The fourth-order valence-electron chi connectivity index (χ4n) is 10.1. The van der Waals surface area contributed by atoms with Gasteiger partial charge in [-0.05, 0) is 159 Å². The Hall–Kier alpha value is -6.70. The van der Waals surface area contributed by atoms with Gasteiger partial charge >= 0.3 is 0 Å². The number of fused-ring (bicyclic) bond motifs is 4. The number of hydrogen-bond donors (Lipinski definition) is 0. The summed E-state index contributed by atoms with van der Waals surface area (Å²) in [5.74, 6) is 0. The molecule has 1 nitrogen and oxygen atoms in total. The molecule has 8 aromatic carbocycles. The highest BCUT2D eigenvalue weighted by atomic mass is 15.1. The zero-order chi connectivity index (χ0) is 40.5. The number of anilines is 3. The second kappa shape index (κ2) is 16.2. The lowest BCUT2D eigenvalue weighted by Crippen LogP contribution is -2.23. The normalized spacial score (nSPS) is 13.8. The number of hydrogen-bond acceptors (Lipinski definition) is 1. The third kappa shape index (κ3) is 6.89. The number of rotatable bonds is 10. The van der Waals surface area contributed by atoms with E-state index in [0.717, 1.165) is 24.2 Å². The maximum Gasteiger partial charge on any atom is 0.0465 e. The SMILES string of the molecule is CCC1(CC)c2cc(/C=C/c3ccc(-c4cc(-c5ccccc5)ccc4-c4ccc5c(c4)CCCC5)cc3)ccc2-c2ccc(N(c3ccccc3)c3ccccc3)cc21. The van der Waals surface area contributed by atoms with Gasteiger partial charge in [-0.3, -0.25) is 0 Å². The van der Waals surface area contributed by atoms with Crippen molar-refractivity contribution in [2.24, 2.45) is 0 Å². The molecular formula is C59H51N. The maximum atomic E-state index is 2.46. The Morgan fingerprint density at radius 1 is 0.400 bits per heavy atom. The molecule has 0 heterocycles. The van der Waals surface area contributed by atoms with Crippen LogP contribution in [0, 0.1) is 0 Å². The van der Waals surface area contributed by atoms with Gasteiger partial charge in [0.15, 0.2) is 0 Å². The van der Waals surface area contributed by atoms with Crippen LogP contribution in [0.5, 0.6) is 0 Å². The highest BCUT2D eigenvalue weighted by Gasteiger charge is 2.41. The van der Waals surface area contributed by atoms with Crippen LogP contribution < -0.4 is 4.90 Å². The van der Waals surface area contributed by atoms with Gasteiger partial charge in [0, 0.05) is 22.5 Å². The predicted molar refractivity (Wildman–Crippen MR) is 256 cm³/mol. The summed E-state index contributed by atoms with van der Waals surface area (Å²) in [6, 6.07) is 69.8. The fraction of sp³-hybridized carbons (Fsp3) is 0.153. The summed E-state index contributed by atoms with van der Waals surface area (Å²) in [5, 5.41) is 0. The highest BCUT2D eigenvalue weighted by molar-refractivity contribution is 5.89. The van der Waals surface area contributed by atoms with Gasteiger partial charge in [-0.15, -0.1) is 0 Å². The molecule has 0 fully saturated rings. The molecule has 0 atom stereocenters. The molecule has 0 saturated heterocycles. The Kier molecular flexibility index (Phi) is 10.1. The van der Waals surface area contributed by atoms with Crippen LogP contribution in [0.3, 0.4) is 0 Å². The first kappa shape index (κ1) is 37.6. The van der Waals surface area contributed by atoms with Crippen molar-refractivity contribution in [1.82, 2.24) is 0 Å². The van der Waals surface area contributed by atoms with E-state index in [1.165, 1.54) is 109 Å². The molecule has 1 heteroatoms. The monoisotopic (exact) mass is 773 g/mol. The van der Waals surface area contributed by atoms with Crippen molar-refractivity contribution in [3.63, 3.8) is 0 Å². The predicted octanol–water partition coefficient (Wildman–Crippen LogP) is 16.3. The van der Waals surface area contributed by atoms with E-state index < -0.39 is 0 Å². The molecule has 60 heavy (non-hydrogen) atoms. The van der Waals surface area contributed by atoms with E-state index in [0.29, 0.717) is 0 Å². The maximum absolute atomic E-state index is 2.46. The Balaban J connectivity index is 0.963. The van der Waals surface area contributed by atoms with Crippen LogP contribution in [0.1, 0.15) is 72.9 Å². The fourth-order valence-corrected chi connectivity index (χ4v) is 10.1. The molecule has 0 bridgehead atoms. The van der Waals surface area contributed by atoms with Crippen molar-refractivity contribution in [2.45, 2.75) is 57.8 Å². The van der Waals surface area contributed by atoms with Gasteiger partial charge in [0.25, 0.3) is 0 Å². The largest absolute Gasteiger partial charge is 0.310 e. The number of benzene rings is 8. The lowest BCUT2D eigenvalue weighted by molar-refractivity contribution is 0.490. The van der Waals surface area contributed by atoms with Crippen molar-refractivity contribution < 1.29 is 0 Å². The van der Waals surface area contributed by atoms with Crippen molar-refractivity contribution in [3.8, 4) is 44.5 Å². The van der Waals surface area contributed by atoms with Gasteiger partial charge in [-0.1, -0.05) is 172 Å². The molecule has 2 aliphatic rings. The lowest BCUT2D eigenvalue weighted by Gasteiger charge is -2.32. The van der Waals surface area contributed by atoms with E-state index in [4.69, 9.17) is 0 Å². The molecule has 0 radical (unpaired) electrons. The first-order valence-corrected chi connectivity index (χ1v) is 21.9. The van der Waals surface area contributed by atoms with Crippen molar-refractivity contribution >= 4 is 29.2 Å². The van der Waals surface area contributed by atoms with Gasteiger partial charge in [-0.2, -0.15) is 0 Å². The molecule has 8 aromatic rings. The van der Waals surface area contributed by atoms with E-state index in [9.17, 15) is 0 Å². The Labute approximate surface area is 356 Å². The molecule has 0 saturated carbocycles. The van der Waals surface area contributed by atoms with Gasteiger partial charge in [0.05, 0.1) is 0 Å². The minimum atomic E-state index is -0.0603. The van der Waals surface area contributed by atoms with Crippen LogP contribution in [0.4, 0.5) is 17.1 Å². The van der Waals surface area contributed by atoms with E-state index in [-0.39, 0.29) is 5.41 Å². The Morgan fingerprint density at radius 3 is 1.63 bits per heavy atom. The second-order valence-electron chi connectivity index (χ2n) is 16.6. The van der Waals surface area contributed by atoms with Gasteiger partial charge < -0.3 is 4.90 Å². The summed E-state index contributed by atoms with van der Waals surface area (Å²) >= 11 is 0. The number of para-hydroxylation sites is 2. The summed E-state index contributed by atoms with van der Waals surface area (Å²) in [6.07, 6.45) is 11.6. The average molecular weight is 774 g/mol. The van der Waals surface area contributed by atoms with Crippen molar-refractivity contribution in [2.75, 3.05) is 4.90 Å². The molecule has 0 unspecified atom stereocenters. The average Bonchev–Trinajstić information content (AvgIpc) is 3.60. The number of nitrogens with zero attached hydrogens (tertiary/aromatic N) is 1. The summed E-state index contributed by atoms with van der Waals surface area (Å²) < 4.78 is 0.